The molecule has 0 bridgehead atoms. The van der Waals surface area contributed by atoms with Gasteiger partial charge in [0.25, 0.3) is 5.89 Å². The number of aliphatic hydroxyl groups excluding tert-OH is 1. The number of likely N-dealkylation sites (N-methyl/N-ethyl adjacent to an activating group) is 2. The number of nitrogens with two attached hydrogens (primary N) is 1. The first-order valence-corrected chi connectivity index (χ1v) is 6.19. The van der Waals surface area contributed by atoms with Crippen LogP contribution in [0.4, 0.5) is 0 Å². The van der Waals surface area contributed by atoms with Gasteiger partial charge in [0, 0.05) is 38.6 Å². The Morgan fingerprint density at radius 2 is 2.28 bits per heavy atom. The van der Waals surface area contributed by atoms with Gasteiger partial charge >= 0.3 is 0 Å². The van der Waals surface area contributed by atoms with E-state index < -0.39 is 6.10 Å². The van der Waals surface area contributed by atoms with Gasteiger partial charge in [0.05, 0.1) is 0 Å². The van der Waals surface area contributed by atoms with Gasteiger partial charge in [0.15, 0.2) is 5.82 Å². The summed E-state index contributed by atoms with van der Waals surface area (Å²) in [6.45, 7) is 3.20. The van der Waals surface area contributed by atoms with Gasteiger partial charge in [-0.05, 0) is 14.1 Å². The first-order valence-electron chi connectivity index (χ1n) is 6.19. The second-order valence-corrected chi connectivity index (χ2v) is 4.90. The molecule has 1 aliphatic heterocycles. The summed E-state index contributed by atoms with van der Waals surface area (Å²) in [6, 6.07) is 0.379. The number of aromatic nitrogens is 2. The molecular formula is C11H21N5O2. The van der Waals surface area contributed by atoms with Crippen LogP contribution >= 0.6 is 0 Å². The lowest BCUT2D eigenvalue weighted by atomic mass is 10.1. The zero-order valence-corrected chi connectivity index (χ0v) is 10.9. The molecule has 2 unspecified atom stereocenters. The largest absolute Gasteiger partial charge is 0.382 e. The van der Waals surface area contributed by atoms with Crippen molar-refractivity contribution >= 4 is 0 Å². The summed E-state index contributed by atoms with van der Waals surface area (Å²) in [4.78, 5) is 8.77. The van der Waals surface area contributed by atoms with Crippen molar-refractivity contribution < 1.29 is 9.63 Å². The molecule has 0 aromatic carbocycles. The molecule has 2 heterocycles. The van der Waals surface area contributed by atoms with Crippen LogP contribution in [0.5, 0.6) is 0 Å². The van der Waals surface area contributed by atoms with Crippen molar-refractivity contribution in [2.24, 2.45) is 5.73 Å². The molecule has 1 fully saturated rings. The number of rotatable bonds is 4. The molecule has 102 valence electrons. The highest BCUT2D eigenvalue weighted by atomic mass is 16.5. The summed E-state index contributed by atoms with van der Waals surface area (Å²) >= 11 is 0. The molecule has 2 rings (SSSR count). The molecule has 0 saturated carbocycles. The quantitative estimate of drug-likeness (QED) is 0.702. The van der Waals surface area contributed by atoms with Crippen LogP contribution in [-0.4, -0.2) is 71.4 Å². The Balaban J connectivity index is 1.98. The maximum atomic E-state index is 9.50. The van der Waals surface area contributed by atoms with Crippen molar-refractivity contribution in [2.45, 2.75) is 18.6 Å². The second kappa shape index (κ2) is 5.75. The highest BCUT2D eigenvalue weighted by molar-refractivity contribution is 4.95. The van der Waals surface area contributed by atoms with E-state index in [-0.39, 0.29) is 12.4 Å². The van der Waals surface area contributed by atoms with Crippen molar-refractivity contribution in [3.05, 3.63) is 11.7 Å². The fourth-order valence-electron chi connectivity index (χ4n) is 2.12. The van der Waals surface area contributed by atoms with Gasteiger partial charge in [-0.3, -0.25) is 0 Å². The van der Waals surface area contributed by atoms with E-state index in [4.69, 9.17) is 10.3 Å². The molecule has 0 radical (unpaired) electrons. The van der Waals surface area contributed by atoms with Crippen LogP contribution in [-0.2, 0) is 6.42 Å². The van der Waals surface area contributed by atoms with Crippen LogP contribution in [0.25, 0.3) is 0 Å². The summed E-state index contributed by atoms with van der Waals surface area (Å²) in [7, 11) is 4.22. The predicted molar refractivity (Wildman–Crippen MR) is 65.9 cm³/mol. The Hall–Kier alpha value is -1.02. The van der Waals surface area contributed by atoms with Crippen molar-refractivity contribution in [1.29, 1.82) is 0 Å². The van der Waals surface area contributed by atoms with Crippen molar-refractivity contribution in [3.63, 3.8) is 0 Å². The van der Waals surface area contributed by atoms with Crippen LogP contribution in [0.1, 0.15) is 17.8 Å². The topological polar surface area (TPSA) is 91.7 Å². The van der Waals surface area contributed by atoms with Gasteiger partial charge in [-0.2, -0.15) is 4.98 Å². The second-order valence-electron chi connectivity index (χ2n) is 4.90. The van der Waals surface area contributed by atoms with Crippen molar-refractivity contribution in [2.75, 3.05) is 40.3 Å². The monoisotopic (exact) mass is 255 g/mol. The van der Waals surface area contributed by atoms with E-state index in [1.807, 2.05) is 0 Å². The Kier molecular flexibility index (Phi) is 4.28. The minimum atomic E-state index is -0.863. The summed E-state index contributed by atoms with van der Waals surface area (Å²) in [5.41, 5.74) is 5.35. The molecule has 0 aliphatic carbocycles. The van der Waals surface area contributed by atoms with Crippen LogP contribution in [0.3, 0.4) is 0 Å². The predicted octanol–water partition coefficient (Wildman–Crippen LogP) is -1.15. The van der Waals surface area contributed by atoms with E-state index in [0.717, 1.165) is 26.1 Å². The molecule has 1 aromatic rings. The standard InChI is InChI=1S/C11H21N5O2/c1-15-3-4-16(2)8(7-15)5-10-13-11(18-14-10)9(17)6-12/h8-9,17H,3-7,12H2,1-2H3. The molecule has 0 spiro atoms. The summed E-state index contributed by atoms with van der Waals surface area (Å²) < 4.78 is 5.00. The van der Waals surface area contributed by atoms with Gasteiger partial charge in [-0.1, -0.05) is 5.16 Å². The maximum Gasteiger partial charge on any atom is 0.256 e. The zero-order chi connectivity index (χ0) is 13.1. The zero-order valence-electron chi connectivity index (χ0n) is 10.9. The molecule has 2 atom stereocenters. The van der Waals surface area contributed by atoms with Gasteiger partial charge in [-0.15, -0.1) is 0 Å². The lowest BCUT2D eigenvalue weighted by Gasteiger charge is -2.37. The fraction of sp³-hybridized carbons (Fsp3) is 0.818. The molecule has 3 N–H and O–H groups in total. The number of hydrogen-bond acceptors (Lipinski definition) is 7. The van der Waals surface area contributed by atoms with Crippen LogP contribution in [0.2, 0.25) is 0 Å². The third kappa shape index (κ3) is 3.05. The molecule has 0 amide bonds. The van der Waals surface area contributed by atoms with Crippen LogP contribution < -0.4 is 5.73 Å². The molecule has 1 aromatic heterocycles. The first kappa shape index (κ1) is 13.4. The summed E-state index contributed by atoms with van der Waals surface area (Å²) in [6.07, 6.45) is -0.139. The smallest absolute Gasteiger partial charge is 0.256 e. The normalized spacial score (nSPS) is 24.3. The SMILES string of the molecule is CN1CCN(C)C(Cc2noc(C(O)CN)n2)C1. The number of piperazine rings is 1. The number of hydrogen-bond donors (Lipinski definition) is 2. The molecule has 1 aliphatic rings. The van der Waals surface area contributed by atoms with Gasteiger partial charge in [-0.25, -0.2) is 0 Å². The van der Waals surface area contributed by atoms with Gasteiger partial charge < -0.3 is 25.2 Å². The molecular weight excluding hydrogens is 234 g/mol. The molecule has 1 saturated heterocycles. The minimum Gasteiger partial charge on any atom is -0.382 e. The number of nitrogens with zero attached hydrogens (tertiary/aromatic N) is 4. The summed E-state index contributed by atoms with van der Waals surface area (Å²) in [5, 5.41) is 13.4. The highest BCUT2D eigenvalue weighted by Gasteiger charge is 2.24. The van der Waals surface area contributed by atoms with Crippen LogP contribution in [0.15, 0.2) is 4.52 Å². The Morgan fingerprint density at radius 3 is 3.00 bits per heavy atom. The molecule has 7 heteroatoms. The van der Waals surface area contributed by atoms with E-state index in [9.17, 15) is 5.11 Å². The Morgan fingerprint density at radius 1 is 1.50 bits per heavy atom. The average Bonchev–Trinajstić information content (AvgIpc) is 2.81. The lowest BCUT2D eigenvalue weighted by molar-refractivity contribution is 0.113. The summed E-state index contributed by atoms with van der Waals surface area (Å²) in [5.74, 6) is 0.837. The van der Waals surface area contributed by atoms with Crippen molar-refractivity contribution in [3.8, 4) is 0 Å². The average molecular weight is 255 g/mol. The van der Waals surface area contributed by atoms with Crippen molar-refractivity contribution in [1.82, 2.24) is 19.9 Å². The minimum absolute atomic E-state index is 0.0910. The highest BCUT2D eigenvalue weighted by Crippen LogP contribution is 2.13. The Labute approximate surface area is 107 Å². The molecule has 7 nitrogen and oxygen atoms in total. The van der Waals surface area contributed by atoms with Crippen LogP contribution in [0, 0.1) is 0 Å². The van der Waals surface area contributed by atoms with E-state index in [0.29, 0.717) is 11.9 Å². The first-order chi connectivity index (χ1) is 8.60. The third-order valence-electron chi connectivity index (χ3n) is 3.39. The number of aliphatic hydroxyl groups is 1. The molecule has 18 heavy (non-hydrogen) atoms. The van der Waals surface area contributed by atoms with E-state index in [1.54, 1.807) is 0 Å². The van der Waals surface area contributed by atoms with E-state index >= 15 is 0 Å². The third-order valence-corrected chi connectivity index (χ3v) is 3.39. The maximum absolute atomic E-state index is 9.50. The Bertz CT molecular complexity index is 383. The van der Waals surface area contributed by atoms with Gasteiger partial charge in [0.1, 0.15) is 6.10 Å². The van der Waals surface area contributed by atoms with E-state index in [2.05, 4.69) is 34.0 Å². The lowest BCUT2D eigenvalue weighted by Crippen LogP contribution is -2.50. The van der Waals surface area contributed by atoms with Gasteiger partial charge in [0.2, 0.25) is 0 Å². The van der Waals surface area contributed by atoms with E-state index in [1.165, 1.54) is 0 Å². The fourth-order valence-corrected chi connectivity index (χ4v) is 2.12.